The Labute approximate surface area is 150 Å². The van der Waals surface area contributed by atoms with Gasteiger partial charge in [-0.1, -0.05) is 58.4 Å². The molecule has 0 fully saturated rings. The van der Waals surface area contributed by atoms with Gasteiger partial charge in [0.05, 0.1) is 0 Å². The molecule has 2 aromatic rings. The summed E-state index contributed by atoms with van der Waals surface area (Å²) in [5.41, 5.74) is 2.28. The third kappa shape index (κ3) is 3.77. The van der Waals surface area contributed by atoms with Crippen molar-refractivity contribution in [3.8, 4) is 0 Å². The van der Waals surface area contributed by atoms with Gasteiger partial charge in [0.15, 0.2) is 12.1 Å². The van der Waals surface area contributed by atoms with Crippen LogP contribution in [0.3, 0.4) is 0 Å². The number of ketones is 1. The summed E-state index contributed by atoms with van der Waals surface area (Å²) in [4.78, 5) is 12.9. The van der Waals surface area contributed by atoms with Crippen LogP contribution >= 0.6 is 15.9 Å². The van der Waals surface area contributed by atoms with E-state index in [1.54, 1.807) is 0 Å². The molecule has 1 unspecified atom stereocenters. The Morgan fingerprint density at radius 1 is 1.17 bits per heavy atom. The zero-order valence-corrected chi connectivity index (χ0v) is 15.1. The van der Waals surface area contributed by atoms with E-state index in [0.717, 1.165) is 10.0 Å². The van der Waals surface area contributed by atoms with E-state index >= 15 is 0 Å². The molecule has 0 spiro atoms. The molecule has 124 valence electrons. The van der Waals surface area contributed by atoms with Crippen molar-refractivity contribution in [2.45, 2.75) is 26.1 Å². The summed E-state index contributed by atoms with van der Waals surface area (Å²) < 4.78 is 12.6. The van der Waals surface area contributed by atoms with Gasteiger partial charge in [-0.05, 0) is 25.5 Å². The van der Waals surface area contributed by atoms with Gasteiger partial charge < -0.3 is 9.47 Å². The number of Topliss-reactive ketones (excluding diaryl/α,β-unsaturated/α-hetero) is 1. The molecule has 0 bridgehead atoms. The van der Waals surface area contributed by atoms with Crippen LogP contribution in [0.5, 0.6) is 0 Å². The van der Waals surface area contributed by atoms with Crippen LogP contribution < -0.4 is 0 Å². The molecule has 1 aliphatic heterocycles. The zero-order valence-electron chi connectivity index (χ0n) is 13.5. The first-order valence-electron chi connectivity index (χ1n) is 8.06. The van der Waals surface area contributed by atoms with E-state index in [-0.39, 0.29) is 12.1 Å². The van der Waals surface area contributed by atoms with E-state index in [1.807, 2.05) is 61.5 Å². The number of ether oxygens (including phenoxy) is 2. The lowest BCUT2D eigenvalue weighted by Crippen LogP contribution is -2.24. The number of hydrogen-bond donors (Lipinski definition) is 0. The molecular weight excluding hydrogens is 368 g/mol. The van der Waals surface area contributed by atoms with Crippen molar-refractivity contribution < 1.29 is 14.3 Å². The van der Waals surface area contributed by atoms with Crippen LogP contribution in [0.2, 0.25) is 0 Å². The summed E-state index contributed by atoms with van der Waals surface area (Å²) >= 11 is 3.44. The van der Waals surface area contributed by atoms with E-state index in [0.29, 0.717) is 36.3 Å². The molecule has 0 amide bonds. The van der Waals surface area contributed by atoms with E-state index < -0.39 is 0 Å². The molecule has 2 aromatic carbocycles. The van der Waals surface area contributed by atoms with Crippen molar-refractivity contribution >= 4 is 27.5 Å². The molecule has 4 heteroatoms. The van der Waals surface area contributed by atoms with Crippen LogP contribution in [-0.4, -0.2) is 18.7 Å². The average Bonchev–Trinajstić information content (AvgIpc) is 2.63. The van der Waals surface area contributed by atoms with Gasteiger partial charge in [0.2, 0.25) is 0 Å². The van der Waals surface area contributed by atoms with Gasteiger partial charge in [0.25, 0.3) is 0 Å². The normalized spacial score (nSPS) is 17.5. The van der Waals surface area contributed by atoms with E-state index in [4.69, 9.17) is 9.47 Å². The van der Waals surface area contributed by atoms with E-state index in [9.17, 15) is 4.79 Å². The molecule has 1 aliphatic rings. The highest BCUT2D eigenvalue weighted by Gasteiger charge is 2.28. The highest BCUT2D eigenvalue weighted by molar-refractivity contribution is 9.10. The number of halogens is 1. The lowest BCUT2D eigenvalue weighted by molar-refractivity contribution is -0.102. The minimum absolute atomic E-state index is 0.0171. The first kappa shape index (κ1) is 16.9. The molecule has 1 atom stereocenters. The standard InChI is InChI=1S/C20H19BrO3/c1-2-23-18-13-12-17(19(22)14-6-4-3-5-7-14)20(24-18)15-8-10-16(21)11-9-15/h3-11,18H,2,12-13H2,1H3. The van der Waals surface area contributed by atoms with Crippen molar-refractivity contribution in [2.75, 3.05) is 6.61 Å². The van der Waals surface area contributed by atoms with Crippen molar-refractivity contribution in [2.24, 2.45) is 0 Å². The Morgan fingerprint density at radius 3 is 2.54 bits per heavy atom. The molecule has 3 nitrogen and oxygen atoms in total. The summed E-state index contributed by atoms with van der Waals surface area (Å²) in [6.07, 6.45) is 1.02. The van der Waals surface area contributed by atoms with Crippen LogP contribution in [0.4, 0.5) is 0 Å². The number of carbonyl (C=O) groups excluding carboxylic acids is 1. The highest BCUT2D eigenvalue weighted by atomic mass is 79.9. The van der Waals surface area contributed by atoms with Gasteiger partial charge >= 0.3 is 0 Å². The second-order valence-electron chi connectivity index (χ2n) is 5.55. The first-order chi connectivity index (χ1) is 11.7. The third-order valence-corrected chi connectivity index (χ3v) is 4.45. The van der Waals surface area contributed by atoms with Crippen LogP contribution in [0, 0.1) is 0 Å². The minimum Gasteiger partial charge on any atom is -0.464 e. The van der Waals surface area contributed by atoms with E-state index in [2.05, 4.69) is 15.9 Å². The smallest absolute Gasteiger partial charge is 0.200 e. The third-order valence-electron chi connectivity index (χ3n) is 3.92. The Balaban J connectivity index is 2.01. The monoisotopic (exact) mass is 386 g/mol. The Kier molecular flexibility index (Phi) is 5.48. The summed E-state index contributed by atoms with van der Waals surface area (Å²) in [7, 11) is 0. The fourth-order valence-electron chi connectivity index (χ4n) is 2.76. The molecule has 0 saturated heterocycles. The van der Waals surface area contributed by atoms with Gasteiger partial charge in [0, 0.05) is 34.2 Å². The molecule has 1 heterocycles. The van der Waals surface area contributed by atoms with Crippen LogP contribution in [0.15, 0.2) is 64.6 Å². The first-order valence-corrected chi connectivity index (χ1v) is 8.85. The van der Waals surface area contributed by atoms with Crippen LogP contribution in [-0.2, 0) is 9.47 Å². The maximum absolute atomic E-state index is 12.9. The number of rotatable bonds is 5. The largest absolute Gasteiger partial charge is 0.464 e. The molecule has 0 N–H and O–H groups in total. The molecule has 24 heavy (non-hydrogen) atoms. The van der Waals surface area contributed by atoms with Gasteiger partial charge in [-0.15, -0.1) is 0 Å². The second kappa shape index (κ2) is 7.77. The zero-order chi connectivity index (χ0) is 16.9. The average molecular weight is 387 g/mol. The lowest BCUT2D eigenvalue weighted by Gasteiger charge is -2.28. The summed E-state index contributed by atoms with van der Waals surface area (Å²) in [6.45, 7) is 2.53. The van der Waals surface area contributed by atoms with E-state index in [1.165, 1.54) is 0 Å². The summed E-state index contributed by atoms with van der Waals surface area (Å²) in [6, 6.07) is 17.1. The fraction of sp³-hybridized carbons (Fsp3) is 0.250. The lowest BCUT2D eigenvalue weighted by atomic mass is 9.94. The summed E-state index contributed by atoms with van der Waals surface area (Å²) in [5.74, 6) is 0.643. The Bertz CT molecular complexity index is 735. The SMILES string of the molecule is CCOC1CCC(C(=O)c2ccccc2)=C(c2ccc(Br)cc2)O1. The van der Waals surface area contributed by atoms with Crippen LogP contribution in [0.25, 0.3) is 5.76 Å². The van der Waals surface area contributed by atoms with Crippen molar-refractivity contribution in [1.82, 2.24) is 0 Å². The van der Waals surface area contributed by atoms with Crippen molar-refractivity contribution in [3.05, 3.63) is 75.8 Å². The quantitative estimate of drug-likeness (QED) is 0.661. The van der Waals surface area contributed by atoms with Crippen LogP contribution in [0.1, 0.15) is 35.7 Å². The number of allylic oxidation sites excluding steroid dienone is 1. The fourth-order valence-corrected chi connectivity index (χ4v) is 3.03. The molecular formula is C20H19BrO3. The second-order valence-corrected chi connectivity index (χ2v) is 6.47. The molecule has 0 aromatic heterocycles. The number of hydrogen-bond acceptors (Lipinski definition) is 3. The van der Waals surface area contributed by atoms with Gasteiger partial charge in [-0.25, -0.2) is 0 Å². The molecule has 0 radical (unpaired) electrons. The predicted octanol–water partition coefficient (Wildman–Crippen LogP) is 5.22. The topological polar surface area (TPSA) is 35.5 Å². The van der Waals surface area contributed by atoms with Crippen molar-refractivity contribution in [3.63, 3.8) is 0 Å². The minimum atomic E-state index is -0.305. The number of carbonyl (C=O) groups is 1. The molecule has 0 saturated carbocycles. The van der Waals surface area contributed by atoms with Gasteiger partial charge in [-0.2, -0.15) is 0 Å². The number of benzene rings is 2. The summed E-state index contributed by atoms with van der Waals surface area (Å²) in [5, 5.41) is 0. The van der Waals surface area contributed by atoms with Crippen molar-refractivity contribution in [1.29, 1.82) is 0 Å². The maximum atomic E-state index is 12.9. The predicted molar refractivity (Wildman–Crippen MR) is 97.6 cm³/mol. The van der Waals surface area contributed by atoms with Gasteiger partial charge in [-0.3, -0.25) is 4.79 Å². The highest BCUT2D eigenvalue weighted by Crippen LogP contribution is 2.33. The Morgan fingerprint density at radius 2 is 1.88 bits per heavy atom. The molecule has 0 aliphatic carbocycles. The Hall–Kier alpha value is -1.91. The maximum Gasteiger partial charge on any atom is 0.200 e. The van der Waals surface area contributed by atoms with Gasteiger partial charge in [0.1, 0.15) is 5.76 Å². The molecule has 3 rings (SSSR count).